The van der Waals surface area contributed by atoms with Gasteiger partial charge in [0.15, 0.2) is 6.10 Å². The Kier molecular flexibility index (Phi) is 52.5. The largest absolute Gasteiger partial charge is 0.462 e. The third-order valence-corrected chi connectivity index (χ3v) is 11.1. The van der Waals surface area contributed by atoms with E-state index in [-0.39, 0.29) is 44.0 Å². The van der Waals surface area contributed by atoms with Crippen LogP contribution in [0.5, 0.6) is 0 Å². The van der Waals surface area contributed by atoms with Crippen LogP contribution in [0, 0.1) is 0 Å². The van der Waals surface area contributed by atoms with Gasteiger partial charge in [0, 0.05) is 19.3 Å². The van der Waals surface area contributed by atoms with Gasteiger partial charge in [-0.1, -0.05) is 206 Å². The summed E-state index contributed by atoms with van der Waals surface area (Å²) in [5.74, 6) is -1.03. The summed E-state index contributed by atoms with van der Waals surface area (Å²) < 4.78 is 16.8. The van der Waals surface area contributed by atoms with E-state index < -0.39 is 6.10 Å². The first-order valence-electron chi connectivity index (χ1n) is 27.7. The van der Waals surface area contributed by atoms with Crippen molar-refractivity contribution in [3.8, 4) is 0 Å². The molecule has 0 aromatic rings. The molecule has 0 bridgehead atoms. The fourth-order valence-corrected chi connectivity index (χ4v) is 6.96. The van der Waals surface area contributed by atoms with Crippen molar-refractivity contribution < 1.29 is 28.6 Å². The molecule has 6 heteroatoms. The van der Waals surface area contributed by atoms with Crippen LogP contribution in [0.4, 0.5) is 0 Å². The summed E-state index contributed by atoms with van der Waals surface area (Å²) >= 11 is 0. The van der Waals surface area contributed by atoms with Gasteiger partial charge in [-0.15, -0.1) is 0 Å². The molecular weight excluding hydrogens is 853 g/mol. The Morgan fingerprint density at radius 3 is 0.957 bits per heavy atom. The van der Waals surface area contributed by atoms with Gasteiger partial charge in [0.1, 0.15) is 13.2 Å². The highest BCUT2D eigenvalue weighted by atomic mass is 16.6. The average molecular weight is 953 g/mol. The highest BCUT2D eigenvalue weighted by Crippen LogP contribution is 2.12. The Bertz CT molecular complexity index is 1510. The maximum absolute atomic E-state index is 12.8. The van der Waals surface area contributed by atoms with E-state index in [0.29, 0.717) is 12.8 Å². The standard InChI is InChI=1S/C63H100O6/c1-4-7-10-13-16-19-22-25-28-30-31-33-36-38-41-44-47-50-53-56-62(65)68-59-60(69-63(66)57-54-51-48-45-42-39-34-27-24-21-18-15-12-9-6-3)58-67-61(64)55-52-49-46-43-40-37-35-32-29-26-23-20-17-14-11-8-5-2/h8,11,16-21,25-29,31,33-35,37-38,41,43,46,60H,4-7,9-10,12-15,22-24,30,32,36,39-40,42,44-45,47-59H2,1-3H3/b11-8-,19-16-,20-17-,21-18-,28-25-,29-26-,33-31-,34-27-,37-35-,41-38-,46-43-/t60-/m1/s1. The molecule has 388 valence electrons. The minimum absolute atomic E-state index is 0.123. The van der Waals surface area contributed by atoms with Crippen LogP contribution >= 0.6 is 0 Å². The lowest BCUT2D eigenvalue weighted by atomic mass is 10.1. The number of hydrogen-bond donors (Lipinski definition) is 0. The molecule has 0 N–H and O–H groups in total. The van der Waals surface area contributed by atoms with Crippen LogP contribution in [0.3, 0.4) is 0 Å². The molecule has 0 aliphatic carbocycles. The molecule has 0 radical (unpaired) electrons. The lowest BCUT2D eigenvalue weighted by Crippen LogP contribution is -2.30. The minimum Gasteiger partial charge on any atom is -0.462 e. The lowest BCUT2D eigenvalue weighted by molar-refractivity contribution is -0.167. The monoisotopic (exact) mass is 953 g/mol. The molecule has 0 fully saturated rings. The van der Waals surface area contributed by atoms with E-state index in [1.807, 2.05) is 0 Å². The van der Waals surface area contributed by atoms with Gasteiger partial charge in [0.05, 0.1) is 0 Å². The number of rotatable bonds is 48. The number of carbonyl (C=O) groups is 3. The van der Waals surface area contributed by atoms with Crippen molar-refractivity contribution in [3.05, 3.63) is 134 Å². The molecule has 0 saturated heterocycles. The molecule has 1 atom stereocenters. The van der Waals surface area contributed by atoms with Gasteiger partial charge in [0.2, 0.25) is 0 Å². The second kappa shape index (κ2) is 56.1. The van der Waals surface area contributed by atoms with Crippen molar-refractivity contribution in [2.24, 2.45) is 0 Å². The molecule has 0 amide bonds. The number of allylic oxidation sites excluding steroid dienone is 22. The Hall–Kier alpha value is -4.45. The Balaban J connectivity index is 4.58. The van der Waals surface area contributed by atoms with E-state index in [1.54, 1.807) is 0 Å². The first kappa shape index (κ1) is 64.5. The van der Waals surface area contributed by atoms with Crippen molar-refractivity contribution in [2.45, 2.75) is 232 Å². The quantitative estimate of drug-likeness (QED) is 0.0262. The van der Waals surface area contributed by atoms with E-state index in [9.17, 15) is 14.4 Å². The van der Waals surface area contributed by atoms with Crippen molar-refractivity contribution in [3.63, 3.8) is 0 Å². The van der Waals surface area contributed by atoms with Crippen LogP contribution in [-0.4, -0.2) is 37.2 Å². The molecule has 0 aliphatic rings. The molecular formula is C63H100O6. The zero-order valence-corrected chi connectivity index (χ0v) is 44.3. The molecule has 0 aliphatic heterocycles. The fourth-order valence-electron chi connectivity index (χ4n) is 6.96. The van der Waals surface area contributed by atoms with Crippen LogP contribution in [0.25, 0.3) is 0 Å². The highest BCUT2D eigenvalue weighted by Gasteiger charge is 2.19. The highest BCUT2D eigenvalue weighted by molar-refractivity contribution is 5.71. The number of unbranched alkanes of at least 4 members (excludes halogenated alkanes) is 15. The minimum atomic E-state index is -0.827. The first-order valence-corrected chi connectivity index (χ1v) is 27.7. The van der Waals surface area contributed by atoms with E-state index in [0.717, 1.165) is 128 Å². The summed E-state index contributed by atoms with van der Waals surface area (Å²) in [4.78, 5) is 38.1. The third-order valence-electron chi connectivity index (χ3n) is 11.1. The van der Waals surface area contributed by atoms with Gasteiger partial charge in [0.25, 0.3) is 0 Å². The van der Waals surface area contributed by atoms with Gasteiger partial charge in [-0.3, -0.25) is 14.4 Å². The van der Waals surface area contributed by atoms with Crippen LogP contribution in [0.2, 0.25) is 0 Å². The predicted octanol–water partition coefficient (Wildman–Crippen LogP) is 18.6. The van der Waals surface area contributed by atoms with E-state index in [4.69, 9.17) is 14.2 Å². The molecule has 0 spiro atoms. The first-order chi connectivity index (χ1) is 34.0. The van der Waals surface area contributed by atoms with Gasteiger partial charge in [-0.05, 0) is 135 Å². The van der Waals surface area contributed by atoms with Crippen molar-refractivity contribution in [1.29, 1.82) is 0 Å². The van der Waals surface area contributed by atoms with Crippen LogP contribution < -0.4 is 0 Å². The Morgan fingerprint density at radius 2 is 0.580 bits per heavy atom. The molecule has 0 rings (SSSR count). The second-order valence-electron chi connectivity index (χ2n) is 17.7. The summed E-state index contributed by atoms with van der Waals surface area (Å²) in [6.07, 6.45) is 78.7. The number of hydrogen-bond acceptors (Lipinski definition) is 6. The number of esters is 3. The Morgan fingerprint density at radius 1 is 0.304 bits per heavy atom. The van der Waals surface area contributed by atoms with Crippen molar-refractivity contribution in [2.75, 3.05) is 13.2 Å². The predicted molar refractivity (Wildman–Crippen MR) is 297 cm³/mol. The third kappa shape index (κ3) is 54.4. The maximum atomic E-state index is 12.8. The zero-order chi connectivity index (χ0) is 50.0. The summed E-state index contributed by atoms with van der Waals surface area (Å²) in [6.45, 7) is 6.37. The van der Waals surface area contributed by atoms with Crippen molar-refractivity contribution >= 4 is 17.9 Å². The SMILES string of the molecule is CC/C=C\C/C=C\C/C=C\C/C=C\C/C=C\CCCC(=O)OC[C@H](COC(=O)CCCCC/C=C\C/C=C\C/C=C\C/C=C\CCCCC)OC(=O)CCCCCCC/C=C\C/C=C\CCCCC. The molecule has 0 unspecified atom stereocenters. The summed E-state index contributed by atoms with van der Waals surface area (Å²) in [7, 11) is 0. The van der Waals surface area contributed by atoms with Gasteiger partial charge in [-0.2, -0.15) is 0 Å². The smallest absolute Gasteiger partial charge is 0.306 e. The zero-order valence-electron chi connectivity index (χ0n) is 44.3. The topological polar surface area (TPSA) is 78.9 Å². The van der Waals surface area contributed by atoms with E-state index >= 15 is 0 Å². The van der Waals surface area contributed by atoms with Gasteiger partial charge in [-0.25, -0.2) is 0 Å². The number of carbonyl (C=O) groups excluding carboxylic acids is 3. The lowest BCUT2D eigenvalue weighted by Gasteiger charge is -2.18. The molecule has 0 saturated carbocycles. The second-order valence-corrected chi connectivity index (χ2v) is 17.7. The van der Waals surface area contributed by atoms with E-state index in [1.165, 1.54) is 51.4 Å². The molecule has 0 aromatic carbocycles. The van der Waals surface area contributed by atoms with Crippen LogP contribution in [-0.2, 0) is 28.6 Å². The molecule has 0 heterocycles. The summed E-state index contributed by atoms with van der Waals surface area (Å²) in [6, 6.07) is 0. The summed E-state index contributed by atoms with van der Waals surface area (Å²) in [5.41, 5.74) is 0. The number of ether oxygens (including phenoxy) is 3. The molecule has 69 heavy (non-hydrogen) atoms. The normalized spacial score (nSPS) is 13.1. The fraction of sp³-hybridized carbons (Fsp3) is 0.603. The van der Waals surface area contributed by atoms with E-state index in [2.05, 4.69) is 154 Å². The van der Waals surface area contributed by atoms with Gasteiger partial charge >= 0.3 is 17.9 Å². The Labute approximate surface area is 424 Å². The van der Waals surface area contributed by atoms with Gasteiger partial charge < -0.3 is 14.2 Å². The molecule has 6 nitrogen and oxygen atoms in total. The summed E-state index contributed by atoms with van der Waals surface area (Å²) in [5, 5.41) is 0. The molecule has 0 aromatic heterocycles. The van der Waals surface area contributed by atoms with Crippen LogP contribution in [0.1, 0.15) is 226 Å². The average Bonchev–Trinajstić information content (AvgIpc) is 3.35. The maximum Gasteiger partial charge on any atom is 0.306 e. The van der Waals surface area contributed by atoms with Crippen LogP contribution in [0.15, 0.2) is 134 Å². The van der Waals surface area contributed by atoms with Crippen molar-refractivity contribution in [1.82, 2.24) is 0 Å².